The minimum Gasteiger partial charge on any atom is -0.328 e. The van der Waals surface area contributed by atoms with Gasteiger partial charge < -0.3 is 16.0 Å². The van der Waals surface area contributed by atoms with Crippen molar-refractivity contribution < 1.29 is 4.79 Å². The van der Waals surface area contributed by atoms with E-state index in [1.165, 1.54) is 11.1 Å². The van der Waals surface area contributed by atoms with E-state index in [0.29, 0.717) is 0 Å². The molecular formula is C18H29N3O. The molecule has 0 radical (unpaired) electrons. The largest absolute Gasteiger partial charge is 0.328 e. The minimum absolute atomic E-state index is 0.0508. The van der Waals surface area contributed by atoms with E-state index in [1.807, 2.05) is 23.1 Å². The highest BCUT2D eigenvalue weighted by molar-refractivity contribution is 5.90. The number of piperidine rings is 1. The summed E-state index contributed by atoms with van der Waals surface area (Å²) in [6, 6.07) is 6.09. The Morgan fingerprint density at radius 3 is 2.18 bits per heavy atom. The van der Waals surface area contributed by atoms with Gasteiger partial charge in [-0.2, -0.15) is 0 Å². The molecule has 1 heterocycles. The van der Waals surface area contributed by atoms with Gasteiger partial charge >= 0.3 is 6.03 Å². The second-order valence-electron chi connectivity index (χ2n) is 7.86. The lowest BCUT2D eigenvalue weighted by atomic mass is 9.77. The number of benzene rings is 1. The molecular weight excluding hydrogens is 274 g/mol. The summed E-state index contributed by atoms with van der Waals surface area (Å²) < 4.78 is 0. The van der Waals surface area contributed by atoms with E-state index in [1.54, 1.807) is 0 Å². The van der Waals surface area contributed by atoms with Crippen LogP contribution >= 0.6 is 0 Å². The van der Waals surface area contributed by atoms with E-state index in [2.05, 4.69) is 46.9 Å². The standard InChI is InChI=1S/C18H29N3O/c1-12-7-8-15(9-13(12)2)20-16(22)21-17(3,4)10-14(19)11-18(21,5)6/h7-9,14H,10-11,19H2,1-6H3,(H,20,22). The summed E-state index contributed by atoms with van der Waals surface area (Å²) in [5.74, 6) is 0. The smallest absolute Gasteiger partial charge is 0.322 e. The predicted molar refractivity (Wildman–Crippen MR) is 92.1 cm³/mol. The fourth-order valence-electron chi connectivity index (χ4n) is 3.91. The van der Waals surface area contributed by atoms with Crippen LogP contribution in [-0.2, 0) is 0 Å². The number of nitrogens with two attached hydrogens (primary N) is 1. The SMILES string of the molecule is Cc1ccc(NC(=O)N2C(C)(C)CC(N)CC2(C)C)cc1C. The topological polar surface area (TPSA) is 58.4 Å². The lowest BCUT2D eigenvalue weighted by molar-refractivity contribution is 0.00877. The monoisotopic (exact) mass is 303 g/mol. The van der Waals surface area contributed by atoms with Crippen molar-refractivity contribution in [1.29, 1.82) is 0 Å². The number of carbonyl (C=O) groups is 1. The van der Waals surface area contributed by atoms with Crippen LogP contribution < -0.4 is 11.1 Å². The first-order valence-corrected chi connectivity index (χ1v) is 7.97. The number of carbonyl (C=O) groups excluding carboxylic acids is 1. The number of amides is 2. The fraction of sp³-hybridized carbons (Fsp3) is 0.611. The van der Waals surface area contributed by atoms with Crippen LogP contribution in [0.15, 0.2) is 18.2 Å². The Labute approximate surface area is 134 Å². The Kier molecular flexibility index (Phi) is 4.26. The van der Waals surface area contributed by atoms with Gasteiger partial charge in [0.25, 0.3) is 0 Å². The molecule has 2 amide bonds. The average Bonchev–Trinajstić information content (AvgIpc) is 2.29. The summed E-state index contributed by atoms with van der Waals surface area (Å²) in [5.41, 5.74) is 8.91. The number of urea groups is 1. The van der Waals surface area contributed by atoms with Gasteiger partial charge in [-0.25, -0.2) is 4.79 Å². The predicted octanol–water partition coefficient (Wildman–Crippen LogP) is 3.82. The second-order valence-corrected chi connectivity index (χ2v) is 7.86. The first-order chi connectivity index (χ1) is 10.0. The van der Waals surface area contributed by atoms with Crippen LogP contribution in [-0.4, -0.2) is 28.1 Å². The third-order valence-corrected chi connectivity index (χ3v) is 4.70. The quantitative estimate of drug-likeness (QED) is 0.828. The number of hydrogen-bond acceptors (Lipinski definition) is 2. The normalized spacial score (nSPS) is 20.8. The number of rotatable bonds is 1. The molecule has 1 aliphatic rings. The van der Waals surface area contributed by atoms with Gasteiger partial charge in [0, 0.05) is 22.8 Å². The molecule has 0 bridgehead atoms. The molecule has 2 rings (SSSR count). The van der Waals surface area contributed by atoms with Gasteiger partial charge in [-0.1, -0.05) is 6.07 Å². The molecule has 122 valence electrons. The summed E-state index contributed by atoms with van der Waals surface area (Å²) in [6.45, 7) is 12.5. The van der Waals surface area contributed by atoms with Crippen molar-refractivity contribution in [3.8, 4) is 0 Å². The zero-order valence-corrected chi connectivity index (χ0v) is 14.7. The Morgan fingerprint density at radius 1 is 1.14 bits per heavy atom. The van der Waals surface area contributed by atoms with E-state index in [9.17, 15) is 4.79 Å². The molecule has 1 aromatic carbocycles. The van der Waals surface area contributed by atoms with Crippen LogP contribution in [0.4, 0.5) is 10.5 Å². The highest BCUT2D eigenvalue weighted by Gasteiger charge is 2.46. The van der Waals surface area contributed by atoms with Crippen LogP contribution in [0.5, 0.6) is 0 Å². The van der Waals surface area contributed by atoms with Crippen molar-refractivity contribution >= 4 is 11.7 Å². The molecule has 22 heavy (non-hydrogen) atoms. The number of aryl methyl sites for hydroxylation is 2. The number of hydrogen-bond donors (Lipinski definition) is 2. The number of nitrogens with zero attached hydrogens (tertiary/aromatic N) is 1. The Balaban J connectivity index is 2.24. The summed E-state index contributed by atoms with van der Waals surface area (Å²) in [4.78, 5) is 14.8. The molecule has 0 unspecified atom stereocenters. The number of anilines is 1. The minimum atomic E-state index is -0.259. The van der Waals surface area contributed by atoms with E-state index in [0.717, 1.165) is 18.5 Å². The van der Waals surface area contributed by atoms with Gasteiger partial charge in [-0.15, -0.1) is 0 Å². The van der Waals surface area contributed by atoms with Crippen molar-refractivity contribution in [2.45, 2.75) is 71.5 Å². The summed E-state index contributed by atoms with van der Waals surface area (Å²) in [5, 5.41) is 3.05. The van der Waals surface area contributed by atoms with Crippen molar-refractivity contribution in [3.63, 3.8) is 0 Å². The van der Waals surface area contributed by atoms with Crippen molar-refractivity contribution in [1.82, 2.24) is 4.90 Å². The van der Waals surface area contributed by atoms with Gasteiger partial charge in [-0.3, -0.25) is 0 Å². The van der Waals surface area contributed by atoms with Crippen LogP contribution in [0.25, 0.3) is 0 Å². The zero-order chi connectivity index (χ0) is 16.7. The fourth-order valence-corrected chi connectivity index (χ4v) is 3.91. The Morgan fingerprint density at radius 2 is 1.68 bits per heavy atom. The van der Waals surface area contributed by atoms with Crippen molar-refractivity contribution in [2.75, 3.05) is 5.32 Å². The summed E-state index contributed by atoms with van der Waals surface area (Å²) in [6.07, 6.45) is 1.63. The van der Waals surface area contributed by atoms with E-state index in [-0.39, 0.29) is 23.2 Å². The van der Waals surface area contributed by atoms with Crippen molar-refractivity contribution in [3.05, 3.63) is 29.3 Å². The summed E-state index contributed by atoms with van der Waals surface area (Å²) >= 11 is 0. The van der Waals surface area contributed by atoms with Crippen LogP contribution in [0.3, 0.4) is 0 Å². The molecule has 1 aromatic rings. The van der Waals surface area contributed by atoms with Crippen LogP contribution in [0, 0.1) is 13.8 Å². The molecule has 0 aliphatic carbocycles. The zero-order valence-electron chi connectivity index (χ0n) is 14.7. The Bertz CT molecular complexity index is 560. The molecule has 0 spiro atoms. The van der Waals surface area contributed by atoms with Gasteiger partial charge in [-0.05, 0) is 77.6 Å². The number of likely N-dealkylation sites (tertiary alicyclic amines) is 1. The first-order valence-electron chi connectivity index (χ1n) is 7.97. The van der Waals surface area contributed by atoms with E-state index in [4.69, 9.17) is 5.73 Å². The molecule has 3 N–H and O–H groups in total. The van der Waals surface area contributed by atoms with Crippen LogP contribution in [0.1, 0.15) is 51.7 Å². The molecule has 4 heteroatoms. The molecule has 4 nitrogen and oxygen atoms in total. The Hall–Kier alpha value is -1.55. The van der Waals surface area contributed by atoms with Gasteiger partial charge in [0.15, 0.2) is 0 Å². The maximum absolute atomic E-state index is 12.9. The van der Waals surface area contributed by atoms with Crippen LogP contribution in [0.2, 0.25) is 0 Å². The summed E-state index contributed by atoms with van der Waals surface area (Å²) in [7, 11) is 0. The third-order valence-electron chi connectivity index (χ3n) is 4.70. The molecule has 0 saturated carbocycles. The van der Waals surface area contributed by atoms with E-state index < -0.39 is 0 Å². The molecule has 0 aromatic heterocycles. The highest BCUT2D eigenvalue weighted by Crippen LogP contribution is 2.38. The number of nitrogens with one attached hydrogen (secondary N) is 1. The highest BCUT2D eigenvalue weighted by atomic mass is 16.2. The maximum Gasteiger partial charge on any atom is 0.322 e. The maximum atomic E-state index is 12.9. The van der Waals surface area contributed by atoms with Gasteiger partial charge in [0.1, 0.15) is 0 Å². The molecule has 1 fully saturated rings. The van der Waals surface area contributed by atoms with Crippen molar-refractivity contribution in [2.24, 2.45) is 5.73 Å². The molecule has 1 aliphatic heterocycles. The molecule has 0 atom stereocenters. The lowest BCUT2D eigenvalue weighted by Crippen LogP contribution is -2.66. The second kappa shape index (κ2) is 5.58. The first kappa shape index (κ1) is 16.8. The van der Waals surface area contributed by atoms with Gasteiger partial charge in [0.05, 0.1) is 0 Å². The van der Waals surface area contributed by atoms with Gasteiger partial charge in [0.2, 0.25) is 0 Å². The average molecular weight is 303 g/mol. The third kappa shape index (κ3) is 3.27. The lowest BCUT2D eigenvalue weighted by Gasteiger charge is -2.54. The van der Waals surface area contributed by atoms with E-state index >= 15 is 0 Å². The molecule has 1 saturated heterocycles.